The summed E-state index contributed by atoms with van der Waals surface area (Å²) in [6.45, 7) is -0.220. The lowest BCUT2D eigenvalue weighted by molar-refractivity contribution is -0.205. The van der Waals surface area contributed by atoms with E-state index in [1.807, 2.05) is 0 Å². The van der Waals surface area contributed by atoms with E-state index in [9.17, 15) is 44.3 Å². The highest BCUT2D eigenvalue weighted by Crippen LogP contribution is 2.31. The van der Waals surface area contributed by atoms with E-state index in [1.165, 1.54) is 24.3 Å². The van der Waals surface area contributed by atoms with E-state index in [4.69, 9.17) is 0 Å². The lowest BCUT2D eigenvalue weighted by atomic mass is 10.2. The summed E-state index contributed by atoms with van der Waals surface area (Å²) in [5.74, 6) is -3.54. The molecule has 9 nitrogen and oxygen atoms in total. The van der Waals surface area contributed by atoms with Crippen LogP contribution in [0.15, 0.2) is 59.5 Å². The second-order valence-electron chi connectivity index (χ2n) is 9.01. The van der Waals surface area contributed by atoms with Gasteiger partial charge in [-0.3, -0.25) is 9.52 Å². The van der Waals surface area contributed by atoms with E-state index in [2.05, 4.69) is 19.8 Å². The fourth-order valence-electron chi connectivity index (χ4n) is 3.52. The number of hydrogen-bond donors (Lipinski definition) is 2. The van der Waals surface area contributed by atoms with Crippen molar-refractivity contribution in [3.05, 3.63) is 65.9 Å². The third kappa shape index (κ3) is 8.53. The summed E-state index contributed by atoms with van der Waals surface area (Å²) in [6, 6.07) is 10.5. The average molecular weight is 607 g/mol. The third-order valence-corrected chi connectivity index (χ3v) is 6.96. The molecule has 2 N–H and O–H groups in total. The van der Waals surface area contributed by atoms with Gasteiger partial charge in [0.15, 0.2) is 6.10 Å². The molecule has 0 aliphatic heterocycles. The maximum Gasteiger partial charge on any atom is 0.490 e. The molecule has 16 heteroatoms. The van der Waals surface area contributed by atoms with E-state index < -0.39 is 45.9 Å². The van der Waals surface area contributed by atoms with Gasteiger partial charge in [0.1, 0.15) is 4.90 Å². The van der Waals surface area contributed by atoms with Crippen LogP contribution in [0.25, 0.3) is 10.9 Å². The number of fused-ring (bicyclic) bond motifs is 1. The number of amides is 1. The van der Waals surface area contributed by atoms with E-state index in [0.717, 1.165) is 24.3 Å². The minimum absolute atomic E-state index is 0.0358. The molecule has 0 aliphatic carbocycles. The van der Waals surface area contributed by atoms with Gasteiger partial charge in [0, 0.05) is 24.0 Å². The number of nitrogens with zero attached hydrogens (tertiary/aromatic N) is 2. The maximum atomic E-state index is 13.1. The van der Waals surface area contributed by atoms with E-state index >= 15 is 0 Å². The van der Waals surface area contributed by atoms with Crippen LogP contribution in [0.4, 0.5) is 32.0 Å². The Kier molecular flexibility index (Phi) is 9.48. The van der Waals surface area contributed by atoms with Crippen LogP contribution < -0.4 is 10.0 Å². The van der Waals surface area contributed by atoms with Crippen molar-refractivity contribution in [2.45, 2.75) is 36.3 Å². The number of pyridine rings is 1. The van der Waals surface area contributed by atoms with Gasteiger partial charge in [0.2, 0.25) is 0 Å². The molecule has 222 valence electrons. The number of benzene rings is 2. The highest BCUT2D eigenvalue weighted by atomic mass is 32.2. The Labute approximate surface area is 230 Å². The Balaban J connectivity index is 1.81. The molecule has 0 spiro atoms. The standard InChI is InChI=1S/C25H24F6N4O5S/c1-35(2)13-12-19(40-23(37)25(29,30)31)22(36)32-14-18-9-6-15-4-3-5-20(21(15)33-18)41(38,39)34-17-10-7-16(8-11-17)24(26,27)28/h3-11,19,34H,12-14H2,1-2H3,(H,32,36). The first kappa shape index (κ1) is 31.6. The Morgan fingerprint density at radius 1 is 0.976 bits per heavy atom. The summed E-state index contributed by atoms with van der Waals surface area (Å²) in [5, 5.41) is 2.71. The number of aromatic nitrogens is 1. The predicted octanol–water partition coefficient (Wildman–Crippen LogP) is 4.10. The molecule has 1 amide bonds. The van der Waals surface area contributed by atoms with Crippen molar-refractivity contribution < 1.29 is 49.1 Å². The summed E-state index contributed by atoms with van der Waals surface area (Å²) < 4.78 is 109. The van der Waals surface area contributed by atoms with Crippen molar-refractivity contribution in [2.24, 2.45) is 0 Å². The molecule has 1 unspecified atom stereocenters. The number of carbonyl (C=O) groups is 2. The third-order valence-electron chi connectivity index (χ3n) is 5.55. The summed E-state index contributed by atoms with van der Waals surface area (Å²) in [5.41, 5.74) is -1.01. The number of nitrogens with one attached hydrogen (secondary N) is 2. The van der Waals surface area contributed by atoms with Gasteiger partial charge >= 0.3 is 18.3 Å². The first-order chi connectivity index (χ1) is 19.0. The van der Waals surface area contributed by atoms with Crippen LogP contribution in [-0.4, -0.2) is 63.1 Å². The van der Waals surface area contributed by atoms with Crippen molar-refractivity contribution in [1.82, 2.24) is 15.2 Å². The highest BCUT2D eigenvalue weighted by Gasteiger charge is 2.43. The Morgan fingerprint density at radius 3 is 2.22 bits per heavy atom. The van der Waals surface area contributed by atoms with Gasteiger partial charge in [-0.1, -0.05) is 18.2 Å². The number of anilines is 1. The van der Waals surface area contributed by atoms with Crippen LogP contribution in [0.5, 0.6) is 0 Å². The monoisotopic (exact) mass is 606 g/mol. The first-order valence-electron chi connectivity index (χ1n) is 11.8. The van der Waals surface area contributed by atoms with Gasteiger partial charge in [-0.15, -0.1) is 0 Å². The van der Waals surface area contributed by atoms with Gasteiger partial charge in [-0.05, 0) is 50.5 Å². The molecular weight excluding hydrogens is 582 g/mol. The van der Waals surface area contributed by atoms with Crippen LogP contribution in [0, 0.1) is 0 Å². The minimum Gasteiger partial charge on any atom is -0.446 e. The van der Waals surface area contributed by atoms with Crippen molar-refractivity contribution in [3.8, 4) is 0 Å². The summed E-state index contributed by atoms with van der Waals surface area (Å²) in [6.07, 6.45) is -11.9. The summed E-state index contributed by atoms with van der Waals surface area (Å²) >= 11 is 0. The molecule has 1 heterocycles. The van der Waals surface area contributed by atoms with Crippen molar-refractivity contribution in [2.75, 3.05) is 25.4 Å². The fraction of sp³-hybridized carbons (Fsp3) is 0.320. The van der Waals surface area contributed by atoms with Gasteiger partial charge in [0.25, 0.3) is 15.9 Å². The molecule has 2 aromatic carbocycles. The predicted molar refractivity (Wildman–Crippen MR) is 135 cm³/mol. The number of rotatable bonds is 10. The van der Waals surface area contributed by atoms with Crippen molar-refractivity contribution in [3.63, 3.8) is 0 Å². The summed E-state index contributed by atoms with van der Waals surface area (Å²) in [4.78, 5) is 29.4. The zero-order chi connectivity index (χ0) is 30.6. The molecule has 0 aliphatic rings. The topological polar surface area (TPSA) is 118 Å². The maximum absolute atomic E-state index is 13.1. The van der Waals surface area contributed by atoms with Crippen molar-refractivity contribution >= 4 is 38.5 Å². The number of halogens is 6. The number of esters is 1. The number of alkyl halides is 6. The number of sulfonamides is 1. The molecule has 0 fully saturated rings. The second kappa shape index (κ2) is 12.3. The highest BCUT2D eigenvalue weighted by molar-refractivity contribution is 7.93. The number of ether oxygens (including phenoxy) is 1. The molecule has 3 aromatic rings. The molecule has 1 aromatic heterocycles. The van der Waals surface area contributed by atoms with Gasteiger partial charge < -0.3 is 15.0 Å². The molecule has 1 atom stereocenters. The van der Waals surface area contributed by atoms with Crippen LogP contribution in [0.2, 0.25) is 0 Å². The lowest BCUT2D eigenvalue weighted by Crippen LogP contribution is -2.41. The second-order valence-corrected chi connectivity index (χ2v) is 10.7. The van der Waals surface area contributed by atoms with Crippen LogP contribution in [0.3, 0.4) is 0 Å². The zero-order valence-corrected chi connectivity index (χ0v) is 22.3. The van der Waals surface area contributed by atoms with E-state index in [0.29, 0.717) is 5.39 Å². The quantitative estimate of drug-likeness (QED) is 0.264. The molecule has 3 rings (SSSR count). The lowest BCUT2D eigenvalue weighted by Gasteiger charge is -2.20. The Bertz CT molecular complexity index is 1510. The van der Waals surface area contributed by atoms with E-state index in [-0.39, 0.29) is 41.3 Å². The van der Waals surface area contributed by atoms with E-state index in [1.54, 1.807) is 25.1 Å². The SMILES string of the molecule is CN(C)CCC(OC(=O)C(F)(F)F)C(=O)NCc1ccc2cccc(S(=O)(=O)Nc3ccc(C(F)(F)F)cc3)c2n1. The van der Waals surface area contributed by atoms with Crippen LogP contribution in [-0.2, 0) is 37.1 Å². The number of para-hydroxylation sites is 1. The van der Waals surface area contributed by atoms with Crippen LogP contribution >= 0.6 is 0 Å². The largest absolute Gasteiger partial charge is 0.490 e. The van der Waals surface area contributed by atoms with Crippen LogP contribution in [0.1, 0.15) is 17.7 Å². The molecule has 0 bridgehead atoms. The van der Waals surface area contributed by atoms with Gasteiger partial charge in [-0.2, -0.15) is 26.3 Å². The zero-order valence-electron chi connectivity index (χ0n) is 21.5. The minimum atomic E-state index is -5.30. The number of hydrogen-bond acceptors (Lipinski definition) is 7. The molecule has 0 radical (unpaired) electrons. The van der Waals surface area contributed by atoms with Gasteiger partial charge in [0.05, 0.1) is 23.3 Å². The molecular formula is C25H24F6N4O5S. The summed E-state index contributed by atoms with van der Waals surface area (Å²) in [7, 11) is -1.13. The van der Waals surface area contributed by atoms with Gasteiger partial charge in [-0.25, -0.2) is 18.2 Å². The molecule has 0 saturated heterocycles. The molecule has 0 saturated carbocycles. The number of carbonyl (C=O) groups excluding carboxylic acids is 2. The van der Waals surface area contributed by atoms with Crippen molar-refractivity contribution in [1.29, 1.82) is 0 Å². The fourth-order valence-corrected chi connectivity index (χ4v) is 4.75. The Hall–Kier alpha value is -3.92. The Morgan fingerprint density at radius 2 is 1.63 bits per heavy atom. The molecule has 41 heavy (non-hydrogen) atoms. The smallest absolute Gasteiger partial charge is 0.446 e. The first-order valence-corrected chi connectivity index (χ1v) is 13.2. The normalized spacial score (nSPS) is 13.2. The average Bonchev–Trinajstić information content (AvgIpc) is 2.87.